The minimum atomic E-state index is -0.540. The summed E-state index contributed by atoms with van der Waals surface area (Å²) in [5, 5.41) is 0. The third-order valence-electron chi connectivity index (χ3n) is 2.66. The fourth-order valence-corrected chi connectivity index (χ4v) is 1.74. The van der Waals surface area contributed by atoms with Gasteiger partial charge in [0, 0.05) is 0 Å². The van der Waals surface area contributed by atoms with Crippen molar-refractivity contribution < 1.29 is 13.9 Å². The zero-order chi connectivity index (χ0) is 13.7. The Bertz CT molecular complexity index is 603. The second-order valence-corrected chi connectivity index (χ2v) is 3.93. The second kappa shape index (κ2) is 5.96. The molecule has 0 bridgehead atoms. The first kappa shape index (κ1) is 13.0. The van der Waals surface area contributed by atoms with Gasteiger partial charge in [-0.3, -0.25) is 4.79 Å². The lowest BCUT2D eigenvalue weighted by Gasteiger charge is -2.06. The SMILES string of the molecule is COc1c(F)cccc1C(=O)C=Cc1ccccc1. The van der Waals surface area contributed by atoms with Crippen LogP contribution in [0.15, 0.2) is 54.6 Å². The van der Waals surface area contributed by atoms with Crippen molar-refractivity contribution in [3.05, 3.63) is 71.6 Å². The number of para-hydroxylation sites is 1. The van der Waals surface area contributed by atoms with E-state index in [2.05, 4.69) is 0 Å². The maximum absolute atomic E-state index is 13.5. The molecule has 0 aromatic heterocycles. The highest BCUT2D eigenvalue weighted by Crippen LogP contribution is 2.23. The van der Waals surface area contributed by atoms with Crippen LogP contribution in [0.5, 0.6) is 5.75 Å². The maximum Gasteiger partial charge on any atom is 0.189 e. The number of ketones is 1. The molecular weight excluding hydrogens is 243 g/mol. The lowest BCUT2D eigenvalue weighted by molar-refractivity contribution is 0.104. The summed E-state index contributed by atoms with van der Waals surface area (Å²) in [5.41, 5.74) is 1.13. The summed E-state index contributed by atoms with van der Waals surface area (Å²) in [5.74, 6) is -0.855. The molecule has 0 spiro atoms. The van der Waals surface area contributed by atoms with Crippen LogP contribution < -0.4 is 4.74 Å². The maximum atomic E-state index is 13.5. The van der Waals surface area contributed by atoms with E-state index < -0.39 is 5.82 Å². The van der Waals surface area contributed by atoms with Crippen LogP contribution in [-0.2, 0) is 0 Å². The van der Waals surface area contributed by atoms with Gasteiger partial charge < -0.3 is 4.74 Å². The number of carbonyl (C=O) groups excluding carboxylic acids is 1. The Labute approximate surface area is 111 Å². The first-order valence-electron chi connectivity index (χ1n) is 5.82. The highest BCUT2D eigenvalue weighted by Gasteiger charge is 2.13. The molecule has 0 amide bonds. The summed E-state index contributed by atoms with van der Waals surface area (Å²) >= 11 is 0. The predicted octanol–water partition coefficient (Wildman–Crippen LogP) is 3.73. The van der Waals surface area contributed by atoms with Crippen molar-refractivity contribution >= 4 is 11.9 Å². The van der Waals surface area contributed by atoms with Gasteiger partial charge in [-0.05, 0) is 23.8 Å². The second-order valence-electron chi connectivity index (χ2n) is 3.93. The Kier molecular flexibility index (Phi) is 4.08. The van der Waals surface area contributed by atoms with Gasteiger partial charge in [-0.15, -0.1) is 0 Å². The van der Waals surface area contributed by atoms with Crippen molar-refractivity contribution in [2.24, 2.45) is 0 Å². The molecule has 0 saturated carbocycles. The van der Waals surface area contributed by atoms with E-state index in [0.717, 1.165) is 5.56 Å². The molecule has 2 aromatic carbocycles. The van der Waals surface area contributed by atoms with Crippen LogP contribution in [0.1, 0.15) is 15.9 Å². The van der Waals surface area contributed by atoms with Gasteiger partial charge in [0.2, 0.25) is 0 Å². The van der Waals surface area contributed by atoms with Gasteiger partial charge in [-0.1, -0.05) is 42.5 Å². The summed E-state index contributed by atoms with van der Waals surface area (Å²) in [6.07, 6.45) is 3.10. The average molecular weight is 256 g/mol. The van der Waals surface area contributed by atoms with E-state index in [4.69, 9.17) is 4.74 Å². The summed E-state index contributed by atoms with van der Waals surface area (Å²) in [7, 11) is 1.34. The number of hydrogen-bond donors (Lipinski definition) is 0. The van der Waals surface area contributed by atoms with Crippen molar-refractivity contribution in [1.82, 2.24) is 0 Å². The average Bonchev–Trinajstić information content (AvgIpc) is 2.45. The molecule has 0 saturated heterocycles. The molecule has 3 heteroatoms. The van der Waals surface area contributed by atoms with E-state index in [1.807, 2.05) is 30.3 Å². The Morgan fingerprint density at radius 1 is 1.11 bits per heavy atom. The molecule has 0 fully saturated rings. The number of halogens is 1. The fourth-order valence-electron chi connectivity index (χ4n) is 1.74. The van der Waals surface area contributed by atoms with E-state index in [9.17, 15) is 9.18 Å². The number of methoxy groups -OCH3 is 1. The van der Waals surface area contributed by atoms with E-state index in [1.54, 1.807) is 12.1 Å². The van der Waals surface area contributed by atoms with Gasteiger partial charge in [0.1, 0.15) is 0 Å². The van der Waals surface area contributed by atoms with Crippen LogP contribution in [-0.4, -0.2) is 12.9 Å². The zero-order valence-electron chi connectivity index (χ0n) is 10.5. The Morgan fingerprint density at radius 2 is 1.84 bits per heavy atom. The van der Waals surface area contributed by atoms with Gasteiger partial charge in [-0.25, -0.2) is 4.39 Å². The van der Waals surface area contributed by atoms with Crippen LogP contribution in [0.2, 0.25) is 0 Å². The number of allylic oxidation sites excluding steroid dienone is 1. The first-order chi connectivity index (χ1) is 9.22. The molecule has 0 aliphatic heterocycles. The van der Waals surface area contributed by atoms with Gasteiger partial charge in [0.05, 0.1) is 12.7 Å². The van der Waals surface area contributed by atoms with Crippen molar-refractivity contribution in [2.45, 2.75) is 0 Å². The number of benzene rings is 2. The van der Waals surface area contributed by atoms with Gasteiger partial charge in [-0.2, -0.15) is 0 Å². The minimum absolute atomic E-state index is 0.0230. The predicted molar refractivity (Wildman–Crippen MR) is 72.8 cm³/mol. The van der Waals surface area contributed by atoms with E-state index in [-0.39, 0.29) is 17.1 Å². The Morgan fingerprint density at radius 3 is 2.53 bits per heavy atom. The summed E-state index contributed by atoms with van der Waals surface area (Å²) in [6, 6.07) is 13.7. The lowest BCUT2D eigenvalue weighted by atomic mass is 10.1. The lowest BCUT2D eigenvalue weighted by Crippen LogP contribution is -2.00. The van der Waals surface area contributed by atoms with Crippen LogP contribution in [0.3, 0.4) is 0 Å². The number of rotatable bonds is 4. The molecule has 2 nitrogen and oxygen atoms in total. The van der Waals surface area contributed by atoms with Crippen molar-refractivity contribution in [1.29, 1.82) is 0 Å². The topological polar surface area (TPSA) is 26.3 Å². The van der Waals surface area contributed by atoms with Crippen molar-refractivity contribution in [3.63, 3.8) is 0 Å². The quantitative estimate of drug-likeness (QED) is 0.615. The van der Waals surface area contributed by atoms with Crippen LogP contribution in [0.4, 0.5) is 4.39 Å². The molecule has 0 atom stereocenters. The smallest absolute Gasteiger partial charge is 0.189 e. The summed E-state index contributed by atoms with van der Waals surface area (Å²) in [6.45, 7) is 0. The normalized spacial score (nSPS) is 10.6. The van der Waals surface area contributed by atoms with Gasteiger partial charge in [0.25, 0.3) is 0 Å². The van der Waals surface area contributed by atoms with Crippen molar-refractivity contribution in [2.75, 3.05) is 7.11 Å². The third-order valence-corrected chi connectivity index (χ3v) is 2.66. The first-order valence-corrected chi connectivity index (χ1v) is 5.82. The molecule has 0 unspecified atom stereocenters. The molecule has 96 valence electrons. The Balaban J connectivity index is 2.26. The molecular formula is C16H13FO2. The summed E-state index contributed by atoms with van der Waals surface area (Å²) < 4.78 is 18.4. The van der Waals surface area contributed by atoms with Crippen LogP contribution in [0, 0.1) is 5.82 Å². The van der Waals surface area contributed by atoms with Crippen LogP contribution in [0.25, 0.3) is 6.08 Å². The van der Waals surface area contributed by atoms with E-state index >= 15 is 0 Å². The molecule has 2 aromatic rings. The molecule has 19 heavy (non-hydrogen) atoms. The fraction of sp³-hybridized carbons (Fsp3) is 0.0625. The molecule has 0 aliphatic carbocycles. The third kappa shape index (κ3) is 3.07. The standard InChI is InChI=1S/C16H13FO2/c1-19-16-13(8-5-9-14(16)17)15(18)11-10-12-6-3-2-4-7-12/h2-11H,1H3. The zero-order valence-corrected chi connectivity index (χ0v) is 10.5. The minimum Gasteiger partial charge on any atom is -0.493 e. The molecule has 0 heterocycles. The van der Waals surface area contributed by atoms with E-state index in [1.165, 1.54) is 25.3 Å². The summed E-state index contributed by atoms with van der Waals surface area (Å²) in [4.78, 5) is 12.0. The number of hydrogen-bond acceptors (Lipinski definition) is 2. The molecule has 0 aliphatic rings. The van der Waals surface area contributed by atoms with E-state index in [0.29, 0.717) is 0 Å². The number of carbonyl (C=O) groups is 1. The number of ether oxygens (including phenoxy) is 1. The highest BCUT2D eigenvalue weighted by atomic mass is 19.1. The monoisotopic (exact) mass is 256 g/mol. The van der Waals surface area contributed by atoms with Gasteiger partial charge in [0.15, 0.2) is 17.3 Å². The molecule has 0 N–H and O–H groups in total. The Hall–Kier alpha value is -2.42. The largest absolute Gasteiger partial charge is 0.493 e. The van der Waals surface area contributed by atoms with Gasteiger partial charge >= 0.3 is 0 Å². The van der Waals surface area contributed by atoms with Crippen molar-refractivity contribution in [3.8, 4) is 5.75 Å². The highest BCUT2D eigenvalue weighted by molar-refractivity contribution is 6.08. The van der Waals surface area contributed by atoms with Crippen LogP contribution >= 0.6 is 0 Å². The molecule has 2 rings (SSSR count). The molecule has 0 radical (unpaired) electrons.